The quantitative estimate of drug-likeness (QED) is 0.469. The molecule has 0 aliphatic rings. The molecule has 0 heterocycles. The molecule has 0 unspecified atom stereocenters. The van der Waals surface area contributed by atoms with Gasteiger partial charge in [0.05, 0.1) is 0 Å². The maximum Gasteiger partial charge on any atom is 0.124 e. The molecule has 0 bridgehead atoms. The number of benzene rings is 1. The highest BCUT2D eigenvalue weighted by molar-refractivity contribution is 7.99. The zero-order valence-electron chi connectivity index (χ0n) is 8.22. The number of anilines is 1. The van der Waals surface area contributed by atoms with Crippen molar-refractivity contribution in [2.75, 3.05) is 11.5 Å². The second-order valence-corrected chi connectivity index (χ2v) is 4.09. The fraction of sp³-hybridized carbons (Fsp3) is 0.273. The molecule has 0 saturated heterocycles. The number of hydrogen-bond donors (Lipinski definition) is 1. The van der Waals surface area contributed by atoms with Gasteiger partial charge in [0.25, 0.3) is 0 Å². The Balaban J connectivity index is 2.66. The minimum absolute atomic E-state index is 0.246. The molecule has 1 rings (SSSR count). The summed E-state index contributed by atoms with van der Waals surface area (Å²) in [6.45, 7) is 5.94. The van der Waals surface area contributed by atoms with E-state index in [1.165, 1.54) is 23.9 Å². The van der Waals surface area contributed by atoms with Crippen LogP contribution in [0.5, 0.6) is 0 Å². The number of rotatable bonds is 4. The largest absolute Gasteiger partial charge is 0.398 e. The highest BCUT2D eigenvalue weighted by atomic mass is 32.2. The van der Waals surface area contributed by atoms with E-state index in [4.69, 9.17) is 5.73 Å². The van der Waals surface area contributed by atoms with Gasteiger partial charge in [-0.05, 0) is 24.6 Å². The van der Waals surface area contributed by atoms with Crippen molar-refractivity contribution >= 4 is 17.4 Å². The Bertz CT molecular complexity index is 336. The smallest absolute Gasteiger partial charge is 0.124 e. The Hall–Kier alpha value is -0.960. The third kappa shape index (κ3) is 3.07. The fourth-order valence-electron chi connectivity index (χ4n) is 0.915. The van der Waals surface area contributed by atoms with E-state index in [0.717, 1.165) is 22.6 Å². The van der Waals surface area contributed by atoms with Crippen molar-refractivity contribution < 1.29 is 4.39 Å². The predicted molar refractivity (Wildman–Crippen MR) is 61.0 cm³/mol. The third-order valence-corrected chi connectivity index (χ3v) is 3.12. The molecule has 0 amide bonds. The van der Waals surface area contributed by atoms with Crippen LogP contribution in [0.3, 0.4) is 0 Å². The SMILES string of the molecule is C=C(CC)CSc1cc(F)ccc1N. The first-order valence-electron chi connectivity index (χ1n) is 4.48. The van der Waals surface area contributed by atoms with Gasteiger partial charge in [0.15, 0.2) is 0 Å². The van der Waals surface area contributed by atoms with Crippen LogP contribution in [0.2, 0.25) is 0 Å². The molecule has 0 atom stereocenters. The number of thioether (sulfide) groups is 1. The van der Waals surface area contributed by atoms with Gasteiger partial charge in [-0.3, -0.25) is 0 Å². The van der Waals surface area contributed by atoms with E-state index in [1.807, 2.05) is 0 Å². The van der Waals surface area contributed by atoms with Crippen LogP contribution in [0, 0.1) is 5.82 Å². The van der Waals surface area contributed by atoms with E-state index >= 15 is 0 Å². The summed E-state index contributed by atoms with van der Waals surface area (Å²) < 4.78 is 12.9. The maximum atomic E-state index is 12.9. The van der Waals surface area contributed by atoms with Crippen molar-refractivity contribution in [2.24, 2.45) is 0 Å². The molecule has 1 aromatic carbocycles. The molecule has 0 spiro atoms. The summed E-state index contributed by atoms with van der Waals surface area (Å²) in [5.74, 6) is 0.549. The molecule has 0 aliphatic carbocycles. The second kappa shape index (κ2) is 5.05. The molecular weight excluding hydrogens is 197 g/mol. The first kappa shape index (κ1) is 11.1. The first-order chi connectivity index (χ1) is 6.63. The van der Waals surface area contributed by atoms with Gasteiger partial charge >= 0.3 is 0 Å². The molecule has 1 nitrogen and oxygen atoms in total. The zero-order valence-corrected chi connectivity index (χ0v) is 9.03. The molecular formula is C11H14FNS. The Morgan fingerprint density at radius 3 is 2.93 bits per heavy atom. The molecule has 1 aromatic rings. The summed E-state index contributed by atoms with van der Waals surface area (Å²) in [4.78, 5) is 0.791. The predicted octanol–water partition coefficient (Wildman–Crippen LogP) is 3.47. The Labute approximate surface area is 88.2 Å². The van der Waals surface area contributed by atoms with Gasteiger partial charge in [-0.15, -0.1) is 11.8 Å². The van der Waals surface area contributed by atoms with E-state index in [1.54, 1.807) is 6.07 Å². The van der Waals surface area contributed by atoms with E-state index in [-0.39, 0.29) is 5.82 Å². The van der Waals surface area contributed by atoms with Gasteiger partial charge in [-0.2, -0.15) is 0 Å². The Morgan fingerprint density at radius 1 is 1.57 bits per heavy atom. The van der Waals surface area contributed by atoms with Crippen LogP contribution in [-0.2, 0) is 0 Å². The van der Waals surface area contributed by atoms with E-state index < -0.39 is 0 Å². The van der Waals surface area contributed by atoms with Crippen LogP contribution in [0.25, 0.3) is 0 Å². The molecule has 3 heteroatoms. The number of halogens is 1. The summed E-state index contributed by atoms with van der Waals surface area (Å²) >= 11 is 1.53. The van der Waals surface area contributed by atoms with Gasteiger partial charge in [-0.1, -0.05) is 19.1 Å². The van der Waals surface area contributed by atoms with Gasteiger partial charge in [0, 0.05) is 16.3 Å². The van der Waals surface area contributed by atoms with E-state index in [0.29, 0.717) is 5.69 Å². The molecule has 14 heavy (non-hydrogen) atoms. The summed E-state index contributed by atoms with van der Waals surface area (Å²) in [6.07, 6.45) is 0.947. The monoisotopic (exact) mass is 211 g/mol. The standard InChI is InChI=1S/C11H14FNS/c1-3-8(2)7-14-11-6-9(12)4-5-10(11)13/h4-6H,2-3,7,13H2,1H3. The Morgan fingerprint density at radius 2 is 2.29 bits per heavy atom. The van der Waals surface area contributed by atoms with Gasteiger partial charge in [-0.25, -0.2) is 4.39 Å². The van der Waals surface area contributed by atoms with Crippen LogP contribution in [0.1, 0.15) is 13.3 Å². The number of hydrogen-bond acceptors (Lipinski definition) is 2. The summed E-state index contributed by atoms with van der Waals surface area (Å²) in [5.41, 5.74) is 7.46. The molecule has 0 aromatic heterocycles. The van der Waals surface area contributed by atoms with Crippen LogP contribution in [0.4, 0.5) is 10.1 Å². The lowest BCUT2D eigenvalue weighted by atomic mass is 10.3. The van der Waals surface area contributed by atoms with Gasteiger partial charge in [0.2, 0.25) is 0 Å². The summed E-state index contributed by atoms with van der Waals surface area (Å²) in [6, 6.07) is 4.42. The summed E-state index contributed by atoms with van der Waals surface area (Å²) in [5, 5.41) is 0. The third-order valence-electron chi connectivity index (χ3n) is 1.91. The average Bonchev–Trinajstić information content (AvgIpc) is 2.19. The maximum absolute atomic E-state index is 12.9. The lowest BCUT2D eigenvalue weighted by molar-refractivity contribution is 0.624. The van der Waals surface area contributed by atoms with E-state index in [9.17, 15) is 4.39 Å². The molecule has 0 aliphatic heterocycles. The normalized spacial score (nSPS) is 10.1. The minimum Gasteiger partial charge on any atom is -0.398 e. The van der Waals surface area contributed by atoms with Crippen molar-refractivity contribution in [1.29, 1.82) is 0 Å². The number of nitrogen functional groups attached to an aromatic ring is 1. The van der Waals surface area contributed by atoms with Crippen molar-refractivity contribution in [1.82, 2.24) is 0 Å². The summed E-state index contributed by atoms with van der Waals surface area (Å²) in [7, 11) is 0. The molecule has 0 saturated carbocycles. The Kier molecular flexibility index (Phi) is 4.01. The molecule has 0 fully saturated rings. The molecule has 0 radical (unpaired) electrons. The van der Waals surface area contributed by atoms with Crippen molar-refractivity contribution in [3.8, 4) is 0 Å². The van der Waals surface area contributed by atoms with Crippen molar-refractivity contribution in [2.45, 2.75) is 18.2 Å². The van der Waals surface area contributed by atoms with Crippen LogP contribution in [0.15, 0.2) is 35.2 Å². The first-order valence-corrected chi connectivity index (χ1v) is 5.46. The second-order valence-electron chi connectivity index (χ2n) is 3.07. The van der Waals surface area contributed by atoms with Crippen LogP contribution < -0.4 is 5.73 Å². The van der Waals surface area contributed by atoms with Crippen LogP contribution in [-0.4, -0.2) is 5.75 Å². The van der Waals surface area contributed by atoms with Crippen LogP contribution >= 0.6 is 11.8 Å². The van der Waals surface area contributed by atoms with Crippen molar-refractivity contribution in [3.05, 3.63) is 36.2 Å². The minimum atomic E-state index is -0.246. The molecule has 2 N–H and O–H groups in total. The molecule has 76 valence electrons. The zero-order chi connectivity index (χ0) is 10.6. The van der Waals surface area contributed by atoms with Gasteiger partial charge in [0.1, 0.15) is 5.82 Å². The lowest BCUT2D eigenvalue weighted by Crippen LogP contribution is -1.91. The average molecular weight is 211 g/mol. The topological polar surface area (TPSA) is 26.0 Å². The van der Waals surface area contributed by atoms with Crippen molar-refractivity contribution in [3.63, 3.8) is 0 Å². The lowest BCUT2D eigenvalue weighted by Gasteiger charge is -2.05. The van der Waals surface area contributed by atoms with E-state index in [2.05, 4.69) is 13.5 Å². The fourth-order valence-corrected chi connectivity index (χ4v) is 1.91. The highest BCUT2D eigenvalue weighted by Gasteiger charge is 2.02. The van der Waals surface area contributed by atoms with Gasteiger partial charge < -0.3 is 5.73 Å². The highest BCUT2D eigenvalue weighted by Crippen LogP contribution is 2.27. The number of nitrogens with two attached hydrogens (primary N) is 1.